The fourth-order valence-electron chi connectivity index (χ4n) is 2.59. The van der Waals surface area contributed by atoms with E-state index in [1.807, 2.05) is 6.92 Å². The highest BCUT2D eigenvalue weighted by molar-refractivity contribution is 8.12. The lowest BCUT2D eigenvalue weighted by molar-refractivity contribution is 0.475. The average molecular weight is 297 g/mol. The Kier molecular flexibility index (Phi) is 2.76. The number of allylic oxidation sites excluding steroid dienone is 3. The number of fused-ring (bicyclic) bond motifs is 1. The van der Waals surface area contributed by atoms with Crippen molar-refractivity contribution in [3.63, 3.8) is 0 Å². The van der Waals surface area contributed by atoms with Crippen LogP contribution in [0.2, 0.25) is 0 Å². The molecule has 0 aromatic heterocycles. The van der Waals surface area contributed by atoms with Gasteiger partial charge in [-0.2, -0.15) is 0 Å². The highest BCUT2D eigenvalue weighted by Crippen LogP contribution is 2.52. The van der Waals surface area contributed by atoms with Gasteiger partial charge in [-0.15, -0.1) is 0 Å². The van der Waals surface area contributed by atoms with Crippen LogP contribution in [0.5, 0.6) is 0 Å². The molecular weight excluding hydrogens is 284 g/mol. The second-order valence-electron chi connectivity index (χ2n) is 4.62. The zero-order valence-corrected chi connectivity index (χ0v) is 11.9. The van der Waals surface area contributed by atoms with Crippen LogP contribution in [0.3, 0.4) is 0 Å². The van der Waals surface area contributed by atoms with Crippen molar-refractivity contribution in [2.24, 2.45) is 5.92 Å². The molecule has 0 radical (unpaired) electrons. The van der Waals surface area contributed by atoms with Gasteiger partial charge in [0.15, 0.2) is 13.9 Å². The third-order valence-corrected chi connectivity index (χ3v) is 9.57. The predicted molar refractivity (Wildman–Crippen MR) is 66.9 cm³/mol. The number of hydrogen-bond acceptors (Lipinski definition) is 4. The van der Waals surface area contributed by atoms with Crippen molar-refractivity contribution in [2.75, 3.05) is 6.26 Å². The van der Waals surface area contributed by atoms with Crippen LogP contribution in [0.15, 0.2) is 22.1 Å². The Balaban J connectivity index is 2.76. The molecule has 0 saturated carbocycles. The van der Waals surface area contributed by atoms with Gasteiger partial charge >= 0.3 is 0 Å². The summed E-state index contributed by atoms with van der Waals surface area (Å²) < 4.78 is 46.2. The SMILES string of the molecule is CC1=CC[C@@]2(S(C)(=O)=O)[C@H](C=C(Cl)S2(=O)=O)C1. The molecule has 7 heteroatoms. The van der Waals surface area contributed by atoms with Gasteiger partial charge in [-0.05, 0) is 19.4 Å². The molecule has 2 aliphatic rings. The molecule has 0 amide bonds. The van der Waals surface area contributed by atoms with Gasteiger partial charge in [0.25, 0.3) is 0 Å². The average Bonchev–Trinajstić information content (AvgIpc) is 2.34. The van der Waals surface area contributed by atoms with E-state index in [0.29, 0.717) is 6.42 Å². The van der Waals surface area contributed by atoms with E-state index < -0.39 is 29.7 Å². The molecule has 0 N–H and O–H groups in total. The van der Waals surface area contributed by atoms with E-state index in [4.69, 9.17) is 11.6 Å². The first-order valence-electron chi connectivity index (χ1n) is 5.10. The minimum absolute atomic E-state index is 0.0165. The zero-order valence-electron chi connectivity index (χ0n) is 9.47. The minimum atomic E-state index is -3.97. The van der Waals surface area contributed by atoms with Crippen molar-refractivity contribution in [1.82, 2.24) is 0 Å². The van der Waals surface area contributed by atoms with Gasteiger partial charge in [0, 0.05) is 18.6 Å². The molecule has 0 spiro atoms. The highest BCUT2D eigenvalue weighted by Gasteiger charge is 2.62. The number of hydrogen-bond donors (Lipinski definition) is 0. The Labute approximate surface area is 106 Å². The maximum absolute atomic E-state index is 12.2. The number of halogens is 1. The van der Waals surface area contributed by atoms with Crippen LogP contribution in [0.1, 0.15) is 19.8 Å². The molecule has 1 aliphatic carbocycles. The van der Waals surface area contributed by atoms with Gasteiger partial charge in [0.1, 0.15) is 4.36 Å². The summed E-state index contributed by atoms with van der Waals surface area (Å²) in [5, 5.41) is 0. The third kappa shape index (κ3) is 1.54. The number of sulfone groups is 2. The van der Waals surface area contributed by atoms with Crippen LogP contribution < -0.4 is 0 Å². The van der Waals surface area contributed by atoms with Gasteiger partial charge in [-0.3, -0.25) is 0 Å². The fraction of sp³-hybridized carbons (Fsp3) is 0.600. The normalized spacial score (nSPS) is 36.1. The summed E-state index contributed by atoms with van der Waals surface area (Å²) in [4.78, 5) is 0. The molecule has 0 saturated heterocycles. The smallest absolute Gasteiger partial charge is 0.209 e. The first-order valence-corrected chi connectivity index (χ1v) is 8.85. The van der Waals surface area contributed by atoms with E-state index in [0.717, 1.165) is 11.8 Å². The molecule has 2 atom stereocenters. The topological polar surface area (TPSA) is 68.3 Å². The fourth-order valence-corrected chi connectivity index (χ4v) is 7.77. The molecule has 2 rings (SSSR count). The first kappa shape index (κ1) is 13.1. The van der Waals surface area contributed by atoms with Gasteiger partial charge in [-0.1, -0.05) is 23.3 Å². The van der Waals surface area contributed by atoms with E-state index in [2.05, 4.69) is 0 Å². The van der Waals surface area contributed by atoms with Gasteiger partial charge < -0.3 is 0 Å². The van der Waals surface area contributed by atoms with Crippen LogP contribution in [-0.4, -0.2) is 27.2 Å². The molecule has 4 nitrogen and oxygen atoms in total. The van der Waals surface area contributed by atoms with Crippen LogP contribution in [-0.2, 0) is 19.7 Å². The van der Waals surface area contributed by atoms with Crippen molar-refractivity contribution in [1.29, 1.82) is 0 Å². The maximum Gasteiger partial charge on any atom is 0.209 e. The van der Waals surface area contributed by atoms with Crippen LogP contribution >= 0.6 is 11.6 Å². The Morgan fingerprint density at radius 2 is 2.06 bits per heavy atom. The molecule has 0 bridgehead atoms. The highest BCUT2D eigenvalue weighted by atomic mass is 35.5. The van der Waals surface area contributed by atoms with Crippen molar-refractivity contribution < 1.29 is 16.8 Å². The largest absolute Gasteiger partial charge is 0.227 e. The van der Waals surface area contributed by atoms with E-state index >= 15 is 0 Å². The molecule has 0 unspecified atom stereocenters. The summed E-state index contributed by atoms with van der Waals surface area (Å²) in [6.07, 6.45) is 4.42. The summed E-state index contributed by atoms with van der Waals surface area (Å²) in [6.45, 7) is 1.86. The number of rotatable bonds is 1. The molecule has 1 heterocycles. The second kappa shape index (κ2) is 3.59. The zero-order chi connectivity index (χ0) is 13.1. The van der Waals surface area contributed by atoms with Crippen molar-refractivity contribution >= 4 is 31.3 Å². The molecule has 0 aromatic rings. The Hall–Kier alpha value is -0.330. The van der Waals surface area contributed by atoms with Gasteiger partial charge in [-0.25, -0.2) is 16.8 Å². The van der Waals surface area contributed by atoms with Crippen molar-refractivity contribution in [3.8, 4) is 0 Å². The summed E-state index contributed by atoms with van der Waals surface area (Å²) in [6, 6.07) is 0. The van der Waals surface area contributed by atoms with E-state index in [1.165, 1.54) is 6.08 Å². The van der Waals surface area contributed by atoms with Crippen LogP contribution in [0, 0.1) is 5.92 Å². The van der Waals surface area contributed by atoms with Crippen molar-refractivity contribution in [2.45, 2.75) is 23.8 Å². The lowest BCUT2D eigenvalue weighted by Crippen LogP contribution is -2.49. The molecular formula is C10H13ClO4S2. The van der Waals surface area contributed by atoms with Gasteiger partial charge in [0.2, 0.25) is 9.84 Å². The standard InChI is InChI=1S/C10H13ClO4S2/c1-7-3-4-10(16(2,12)13)8(5-7)6-9(11)17(10,14)15/h3,6,8H,4-5H2,1-2H3/t8-,10-/m0/s1. The quantitative estimate of drug-likeness (QED) is 0.689. The first-order chi connectivity index (χ1) is 7.63. The van der Waals surface area contributed by atoms with E-state index in [-0.39, 0.29) is 10.8 Å². The predicted octanol–water partition coefficient (Wildman–Crippen LogP) is 1.59. The Morgan fingerprint density at radius 3 is 2.59 bits per heavy atom. The van der Waals surface area contributed by atoms with E-state index in [9.17, 15) is 16.8 Å². The molecule has 1 aliphatic heterocycles. The molecule has 96 valence electrons. The van der Waals surface area contributed by atoms with Crippen LogP contribution in [0.4, 0.5) is 0 Å². The van der Waals surface area contributed by atoms with Crippen LogP contribution in [0.25, 0.3) is 0 Å². The minimum Gasteiger partial charge on any atom is -0.227 e. The maximum atomic E-state index is 12.2. The van der Waals surface area contributed by atoms with Gasteiger partial charge in [0.05, 0.1) is 0 Å². The monoisotopic (exact) mass is 296 g/mol. The lowest BCUT2D eigenvalue weighted by atomic mass is 9.89. The Bertz CT molecular complexity index is 627. The molecule has 0 aromatic carbocycles. The summed E-state index contributed by atoms with van der Waals surface area (Å²) >= 11 is 5.71. The molecule has 17 heavy (non-hydrogen) atoms. The summed E-state index contributed by atoms with van der Waals surface area (Å²) in [5.74, 6) is -0.569. The Morgan fingerprint density at radius 1 is 1.47 bits per heavy atom. The molecule has 0 fully saturated rings. The van der Waals surface area contributed by atoms with Crippen molar-refractivity contribution in [3.05, 3.63) is 22.1 Å². The third-order valence-electron chi connectivity index (χ3n) is 3.51. The second-order valence-corrected chi connectivity index (χ2v) is 9.96. The lowest BCUT2D eigenvalue weighted by Gasteiger charge is -2.34. The summed E-state index contributed by atoms with van der Waals surface area (Å²) in [5.41, 5.74) is 0.993. The van der Waals surface area contributed by atoms with E-state index in [1.54, 1.807) is 6.08 Å². The summed E-state index contributed by atoms with van der Waals surface area (Å²) in [7, 11) is -7.73.